The van der Waals surface area contributed by atoms with Gasteiger partial charge >= 0.3 is 6.09 Å². The van der Waals surface area contributed by atoms with Crippen molar-refractivity contribution in [1.82, 2.24) is 9.80 Å². The normalized spacial score (nSPS) is 21.8. The second-order valence-electron chi connectivity index (χ2n) is 7.08. The number of ether oxygens (including phenoxy) is 1. The number of carbonyl (C=O) groups is 1. The van der Waals surface area contributed by atoms with E-state index < -0.39 is 0 Å². The molecule has 0 bridgehead atoms. The molecule has 24 heavy (non-hydrogen) atoms. The molecule has 132 valence electrons. The van der Waals surface area contributed by atoms with Crippen LogP contribution in [0.1, 0.15) is 30.9 Å². The lowest BCUT2D eigenvalue weighted by Gasteiger charge is -2.39. The fourth-order valence-electron chi connectivity index (χ4n) is 3.17. The summed E-state index contributed by atoms with van der Waals surface area (Å²) in [6, 6.07) is 3.91. The summed E-state index contributed by atoms with van der Waals surface area (Å²) in [5.74, 6) is 0.599. The number of nitrogen functional groups attached to an aromatic ring is 1. The number of carbonyl (C=O) groups excluding carboxylic acids is 1. The van der Waals surface area contributed by atoms with E-state index in [0.717, 1.165) is 36.4 Å². The van der Waals surface area contributed by atoms with E-state index in [9.17, 15) is 4.79 Å². The van der Waals surface area contributed by atoms with Crippen molar-refractivity contribution in [3.63, 3.8) is 0 Å². The number of nitrogens with two attached hydrogens (primary N) is 1. The molecule has 1 amide bonds. The maximum Gasteiger partial charge on any atom is 0.410 e. The molecule has 6 heteroatoms. The van der Waals surface area contributed by atoms with Crippen LogP contribution in [0.2, 0.25) is 5.02 Å². The van der Waals surface area contributed by atoms with Gasteiger partial charge < -0.3 is 15.4 Å². The molecule has 2 N–H and O–H groups in total. The molecular weight excluding hydrogens is 326 g/mol. The van der Waals surface area contributed by atoms with Crippen LogP contribution in [0.5, 0.6) is 0 Å². The van der Waals surface area contributed by atoms with Gasteiger partial charge in [0.1, 0.15) is 0 Å². The van der Waals surface area contributed by atoms with Gasteiger partial charge in [0, 0.05) is 42.9 Å². The first kappa shape index (κ1) is 17.4. The lowest BCUT2D eigenvalue weighted by Crippen LogP contribution is -2.53. The third-order valence-electron chi connectivity index (χ3n) is 5.00. The SMILES string of the molecule is Cc1c(N)cc(Cl)cc1CN1CCN(C(=O)OCC2CC2)C(C)C1. The average molecular weight is 352 g/mol. The van der Waals surface area contributed by atoms with Crippen molar-refractivity contribution in [3.8, 4) is 0 Å². The number of amides is 1. The summed E-state index contributed by atoms with van der Waals surface area (Å²) in [5, 5.41) is 0.670. The molecule has 5 nitrogen and oxygen atoms in total. The maximum atomic E-state index is 12.2. The van der Waals surface area contributed by atoms with Gasteiger partial charge in [-0.05, 0) is 55.9 Å². The molecule has 0 radical (unpaired) electrons. The Morgan fingerprint density at radius 3 is 2.79 bits per heavy atom. The second-order valence-corrected chi connectivity index (χ2v) is 7.51. The van der Waals surface area contributed by atoms with E-state index in [1.807, 2.05) is 17.9 Å². The standard InChI is InChI=1S/C18H26ClN3O2/c1-12-9-21(10-15-7-16(19)8-17(20)13(15)2)5-6-22(12)18(23)24-11-14-3-4-14/h7-8,12,14H,3-6,9-11,20H2,1-2H3. The van der Waals surface area contributed by atoms with Crippen LogP contribution in [-0.2, 0) is 11.3 Å². The van der Waals surface area contributed by atoms with Crippen molar-refractivity contribution in [2.24, 2.45) is 5.92 Å². The van der Waals surface area contributed by atoms with Crippen LogP contribution < -0.4 is 5.73 Å². The molecule has 1 heterocycles. The first-order valence-corrected chi connectivity index (χ1v) is 9.02. The molecule has 1 aromatic carbocycles. The second kappa shape index (κ2) is 7.19. The molecule has 0 spiro atoms. The van der Waals surface area contributed by atoms with Gasteiger partial charge in [0.05, 0.1) is 6.61 Å². The molecule has 1 aromatic rings. The molecule has 1 saturated carbocycles. The largest absolute Gasteiger partial charge is 0.449 e. The summed E-state index contributed by atoms with van der Waals surface area (Å²) < 4.78 is 5.41. The number of hydrogen-bond acceptors (Lipinski definition) is 4. The average Bonchev–Trinajstić information content (AvgIpc) is 3.34. The topological polar surface area (TPSA) is 58.8 Å². The summed E-state index contributed by atoms with van der Waals surface area (Å²) in [7, 11) is 0. The third-order valence-corrected chi connectivity index (χ3v) is 5.22. The summed E-state index contributed by atoms with van der Waals surface area (Å²) in [4.78, 5) is 16.4. The summed E-state index contributed by atoms with van der Waals surface area (Å²) in [6.45, 7) is 7.82. The molecule has 2 aliphatic rings. The summed E-state index contributed by atoms with van der Waals surface area (Å²) >= 11 is 6.13. The Morgan fingerprint density at radius 2 is 2.12 bits per heavy atom. The number of anilines is 1. The molecule has 0 aromatic heterocycles. The fraction of sp³-hybridized carbons (Fsp3) is 0.611. The maximum absolute atomic E-state index is 12.2. The number of nitrogens with zero attached hydrogens (tertiary/aromatic N) is 2. The monoisotopic (exact) mass is 351 g/mol. The zero-order valence-electron chi connectivity index (χ0n) is 14.4. The summed E-state index contributed by atoms with van der Waals surface area (Å²) in [6.07, 6.45) is 2.22. The summed E-state index contributed by atoms with van der Waals surface area (Å²) in [5.41, 5.74) is 8.97. The Bertz CT molecular complexity index is 619. The Morgan fingerprint density at radius 1 is 1.38 bits per heavy atom. The highest BCUT2D eigenvalue weighted by Crippen LogP contribution is 2.29. The van der Waals surface area contributed by atoms with Gasteiger partial charge in [-0.2, -0.15) is 0 Å². The highest BCUT2D eigenvalue weighted by molar-refractivity contribution is 6.31. The van der Waals surface area contributed by atoms with Crippen LogP contribution in [0.4, 0.5) is 10.5 Å². The van der Waals surface area contributed by atoms with E-state index in [4.69, 9.17) is 22.1 Å². The number of rotatable bonds is 4. The van der Waals surface area contributed by atoms with Crippen molar-refractivity contribution in [1.29, 1.82) is 0 Å². The van der Waals surface area contributed by atoms with Crippen LogP contribution in [0.25, 0.3) is 0 Å². The van der Waals surface area contributed by atoms with E-state index >= 15 is 0 Å². The van der Waals surface area contributed by atoms with E-state index in [0.29, 0.717) is 24.1 Å². The minimum Gasteiger partial charge on any atom is -0.449 e. The minimum absolute atomic E-state index is 0.141. The lowest BCUT2D eigenvalue weighted by molar-refractivity contribution is 0.0473. The Hall–Kier alpha value is -1.46. The molecule has 1 aliphatic carbocycles. The van der Waals surface area contributed by atoms with Crippen LogP contribution in [0.3, 0.4) is 0 Å². The Labute approximate surface area is 148 Å². The number of benzene rings is 1. The zero-order chi connectivity index (χ0) is 17.3. The Balaban J connectivity index is 1.56. The van der Waals surface area contributed by atoms with E-state index in [2.05, 4.69) is 11.8 Å². The van der Waals surface area contributed by atoms with Crippen molar-refractivity contribution >= 4 is 23.4 Å². The van der Waals surface area contributed by atoms with Gasteiger partial charge in [-0.25, -0.2) is 4.79 Å². The quantitative estimate of drug-likeness (QED) is 0.846. The fourth-order valence-corrected chi connectivity index (χ4v) is 3.42. The van der Waals surface area contributed by atoms with Gasteiger partial charge in [-0.15, -0.1) is 0 Å². The molecule has 2 fully saturated rings. The molecule has 1 saturated heterocycles. The van der Waals surface area contributed by atoms with Crippen LogP contribution in [-0.4, -0.2) is 48.2 Å². The number of hydrogen-bond donors (Lipinski definition) is 1. The predicted octanol–water partition coefficient (Wildman–Crippen LogP) is 3.28. The molecule has 3 rings (SSSR count). The molecular formula is C18H26ClN3O2. The molecule has 1 unspecified atom stereocenters. The van der Waals surface area contributed by atoms with Crippen molar-refractivity contribution in [2.45, 2.75) is 39.3 Å². The lowest BCUT2D eigenvalue weighted by atomic mass is 10.1. The van der Waals surface area contributed by atoms with Gasteiger partial charge in [0.25, 0.3) is 0 Å². The third kappa shape index (κ3) is 4.14. The van der Waals surface area contributed by atoms with Crippen molar-refractivity contribution < 1.29 is 9.53 Å². The highest BCUT2D eigenvalue weighted by atomic mass is 35.5. The van der Waals surface area contributed by atoms with E-state index in [1.165, 1.54) is 12.8 Å². The Kier molecular flexibility index (Phi) is 5.21. The number of piperazine rings is 1. The molecule has 1 aliphatic heterocycles. The highest BCUT2D eigenvalue weighted by Gasteiger charge is 2.30. The van der Waals surface area contributed by atoms with Gasteiger partial charge in [-0.3, -0.25) is 4.90 Å². The minimum atomic E-state index is -0.169. The van der Waals surface area contributed by atoms with Crippen LogP contribution in [0.15, 0.2) is 12.1 Å². The van der Waals surface area contributed by atoms with Gasteiger partial charge in [0.2, 0.25) is 0 Å². The predicted molar refractivity (Wildman–Crippen MR) is 96.1 cm³/mol. The number of halogens is 1. The van der Waals surface area contributed by atoms with Crippen molar-refractivity contribution in [3.05, 3.63) is 28.3 Å². The van der Waals surface area contributed by atoms with Gasteiger partial charge in [0.15, 0.2) is 0 Å². The van der Waals surface area contributed by atoms with E-state index in [1.54, 1.807) is 6.07 Å². The van der Waals surface area contributed by atoms with Crippen molar-refractivity contribution in [2.75, 3.05) is 32.0 Å². The van der Waals surface area contributed by atoms with Gasteiger partial charge in [-0.1, -0.05) is 11.6 Å². The van der Waals surface area contributed by atoms with Crippen LogP contribution in [0, 0.1) is 12.8 Å². The van der Waals surface area contributed by atoms with E-state index in [-0.39, 0.29) is 12.1 Å². The molecule has 1 atom stereocenters. The first-order valence-electron chi connectivity index (χ1n) is 8.64. The van der Waals surface area contributed by atoms with Crippen LogP contribution >= 0.6 is 11.6 Å². The zero-order valence-corrected chi connectivity index (χ0v) is 15.2. The smallest absolute Gasteiger partial charge is 0.410 e. The first-order chi connectivity index (χ1) is 11.4.